The van der Waals surface area contributed by atoms with Crippen LogP contribution < -0.4 is 10.1 Å². The van der Waals surface area contributed by atoms with E-state index in [2.05, 4.69) is 10.3 Å². The van der Waals surface area contributed by atoms with Gasteiger partial charge in [0.25, 0.3) is 0 Å². The number of aryl methyl sites for hydroxylation is 1. The summed E-state index contributed by atoms with van der Waals surface area (Å²) in [5, 5.41) is 3.10. The predicted molar refractivity (Wildman–Crippen MR) is 112 cm³/mol. The molecule has 142 valence electrons. The molecule has 0 fully saturated rings. The molecule has 0 saturated heterocycles. The lowest BCUT2D eigenvalue weighted by atomic mass is 10.2. The second kappa shape index (κ2) is 9.10. The monoisotopic (exact) mass is 392 g/mol. The fourth-order valence-corrected chi connectivity index (χ4v) is 3.38. The first-order chi connectivity index (χ1) is 13.5. The molecule has 2 aromatic carbocycles. The molecule has 28 heavy (non-hydrogen) atoms. The van der Waals surface area contributed by atoms with Gasteiger partial charge in [0.2, 0.25) is 5.91 Å². The molecule has 0 aliphatic rings. The lowest BCUT2D eigenvalue weighted by Crippen LogP contribution is -2.07. The molecule has 1 N–H and O–H groups in total. The normalized spacial score (nSPS) is 10.8. The van der Waals surface area contributed by atoms with Gasteiger partial charge in [-0.25, -0.2) is 4.98 Å². The Morgan fingerprint density at radius 3 is 2.46 bits per heavy atom. The van der Waals surface area contributed by atoms with Crippen molar-refractivity contribution < 1.29 is 14.3 Å². The van der Waals surface area contributed by atoms with Crippen molar-refractivity contribution in [2.24, 2.45) is 0 Å². The van der Waals surface area contributed by atoms with Crippen molar-refractivity contribution in [3.8, 4) is 5.75 Å². The van der Waals surface area contributed by atoms with Crippen molar-refractivity contribution in [1.29, 1.82) is 0 Å². The average molecular weight is 392 g/mol. The summed E-state index contributed by atoms with van der Waals surface area (Å²) < 4.78 is 5.75. The second-order valence-electron chi connectivity index (χ2n) is 6.16. The number of aromatic nitrogens is 1. The zero-order valence-corrected chi connectivity index (χ0v) is 16.5. The maximum absolute atomic E-state index is 12.1. The van der Waals surface area contributed by atoms with Crippen LogP contribution in [-0.4, -0.2) is 16.7 Å². The van der Waals surface area contributed by atoms with E-state index in [-0.39, 0.29) is 11.7 Å². The number of hydrogen-bond acceptors (Lipinski definition) is 5. The molecule has 0 bridgehead atoms. The van der Waals surface area contributed by atoms with Crippen molar-refractivity contribution in [2.45, 2.75) is 20.5 Å². The molecule has 0 atom stereocenters. The number of nitrogens with zero attached hydrogens (tertiary/aromatic N) is 1. The first kappa shape index (κ1) is 19.5. The maximum Gasteiger partial charge on any atom is 0.250 e. The van der Waals surface area contributed by atoms with Crippen LogP contribution in [0.15, 0.2) is 60.7 Å². The Bertz CT molecular complexity index is 992. The second-order valence-corrected chi connectivity index (χ2v) is 7.15. The van der Waals surface area contributed by atoms with Gasteiger partial charge >= 0.3 is 0 Å². The van der Waals surface area contributed by atoms with Crippen LogP contribution in [-0.2, 0) is 11.4 Å². The SMILES string of the molecule is CC(=O)c1sc(NC(=O)/C=C/c2ccc(OCc3ccccc3)cc2)nc1C. The lowest BCUT2D eigenvalue weighted by Gasteiger charge is -2.06. The highest BCUT2D eigenvalue weighted by Gasteiger charge is 2.12. The third-order valence-electron chi connectivity index (χ3n) is 3.90. The number of ether oxygens (including phenoxy) is 1. The number of ketones is 1. The van der Waals surface area contributed by atoms with Gasteiger partial charge in [0.1, 0.15) is 12.4 Å². The Morgan fingerprint density at radius 2 is 1.82 bits per heavy atom. The van der Waals surface area contributed by atoms with Gasteiger partial charge in [-0.2, -0.15) is 0 Å². The smallest absolute Gasteiger partial charge is 0.250 e. The van der Waals surface area contributed by atoms with Crippen molar-refractivity contribution in [3.05, 3.63) is 82.4 Å². The molecule has 0 saturated carbocycles. The number of carbonyl (C=O) groups is 2. The number of amides is 1. The summed E-state index contributed by atoms with van der Waals surface area (Å²) in [5.74, 6) is 0.411. The molecule has 6 heteroatoms. The van der Waals surface area contributed by atoms with E-state index in [0.29, 0.717) is 22.3 Å². The zero-order chi connectivity index (χ0) is 19.9. The molecular formula is C22H20N2O3S. The van der Waals surface area contributed by atoms with Crippen LogP contribution in [0.5, 0.6) is 5.75 Å². The number of hydrogen-bond donors (Lipinski definition) is 1. The Labute approximate surface area is 167 Å². The van der Waals surface area contributed by atoms with Gasteiger partial charge in [0.15, 0.2) is 10.9 Å². The Balaban J connectivity index is 1.54. The van der Waals surface area contributed by atoms with Crippen LogP contribution in [0.4, 0.5) is 5.13 Å². The van der Waals surface area contributed by atoms with Crippen molar-refractivity contribution in [3.63, 3.8) is 0 Å². The number of nitrogens with one attached hydrogen (secondary N) is 1. The number of thiazole rings is 1. The standard InChI is InChI=1S/C22H20N2O3S/c1-15-21(16(2)25)28-22(23-15)24-20(26)13-10-17-8-11-19(12-9-17)27-14-18-6-4-3-5-7-18/h3-13H,14H2,1-2H3,(H,23,24,26)/b13-10+. The van der Waals surface area contributed by atoms with Gasteiger partial charge in [0, 0.05) is 13.0 Å². The number of carbonyl (C=O) groups excluding carboxylic acids is 2. The zero-order valence-electron chi connectivity index (χ0n) is 15.6. The van der Waals surface area contributed by atoms with E-state index in [1.165, 1.54) is 24.3 Å². The molecule has 3 rings (SSSR count). The molecule has 0 unspecified atom stereocenters. The minimum atomic E-state index is -0.298. The number of rotatable bonds is 7. The highest BCUT2D eigenvalue weighted by Crippen LogP contribution is 2.23. The summed E-state index contributed by atoms with van der Waals surface area (Å²) in [5.41, 5.74) is 2.61. The third-order valence-corrected chi connectivity index (χ3v) is 5.08. The van der Waals surface area contributed by atoms with Gasteiger partial charge < -0.3 is 4.74 Å². The summed E-state index contributed by atoms with van der Waals surface area (Å²) in [6.07, 6.45) is 3.15. The fourth-order valence-electron chi connectivity index (χ4n) is 2.51. The van der Waals surface area contributed by atoms with Gasteiger partial charge in [0.05, 0.1) is 10.6 Å². The Hall–Kier alpha value is -3.25. The molecular weight excluding hydrogens is 372 g/mol. The van der Waals surface area contributed by atoms with Crippen LogP contribution in [0.2, 0.25) is 0 Å². The summed E-state index contributed by atoms with van der Waals surface area (Å²) in [6, 6.07) is 17.4. The molecule has 3 aromatic rings. The van der Waals surface area contributed by atoms with Gasteiger partial charge in [-0.05, 0) is 36.3 Å². The van der Waals surface area contributed by atoms with E-state index in [0.717, 1.165) is 16.9 Å². The fraction of sp³-hybridized carbons (Fsp3) is 0.136. The molecule has 0 spiro atoms. The summed E-state index contributed by atoms with van der Waals surface area (Å²) in [4.78, 5) is 28.3. The van der Waals surface area contributed by atoms with Crippen molar-refractivity contribution >= 4 is 34.2 Å². The summed E-state index contributed by atoms with van der Waals surface area (Å²) in [7, 11) is 0. The minimum Gasteiger partial charge on any atom is -0.489 e. The van der Waals surface area contributed by atoms with Crippen LogP contribution in [0, 0.1) is 6.92 Å². The van der Waals surface area contributed by atoms with E-state index in [1.54, 1.807) is 13.0 Å². The Morgan fingerprint density at radius 1 is 1.11 bits per heavy atom. The maximum atomic E-state index is 12.1. The lowest BCUT2D eigenvalue weighted by molar-refractivity contribution is -0.111. The van der Waals surface area contributed by atoms with Gasteiger partial charge in [-0.1, -0.05) is 53.8 Å². The molecule has 0 aliphatic carbocycles. The summed E-state index contributed by atoms with van der Waals surface area (Å²) >= 11 is 1.18. The molecule has 1 amide bonds. The third kappa shape index (κ3) is 5.37. The van der Waals surface area contributed by atoms with Crippen LogP contribution >= 0.6 is 11.3 Å². The van der Waals surface area contributed by atoms with Crippen LogP contribution in [0.1, 0.15) is 33.4 Å². The Kier molecular flexibility index (Phi) is 6.34. The van der Waals surface area contributed by atoms with E-state index in [4.69, 9.17) is 4.74 Å². The number of benzene rings is 2. The van der Waals surface area contributed by atoms with Crippen molar-refractivity contribution in [1.82, 2.24) is 4.98 Å². The van der Waals surface area contributed by atoms with Crippen LogP contribution in [0.3, 0.4) is 0 Å². The molecule has 5 nitrogen and oxygen atoms in total. The minimum absolute atomic E-state index is 0.0550. The number of anilines is 1. The molecule has 0 aliphatic heterocycles. The average Bonchev–Trinajstić information content (AvgIpc) is 3.06. The molecule has 0 radical (unpaired) electrons. The first-order valence-electron chi connectivity index (χ1n) is 8.75. The predicted octanol–water partition coefficient (Wildman–Crippen LogP) is 4.89. The summed E-state index contributed by atoms with van der Waals surface area (Å²) in [6.45, 7) is 3.74. The topological polar surface area (TPSA) is 68.3 Å². The highest BCUT2D eigenvalue weighted by atomic mass is 32.1. The van der Waals surface area contributed by atoms with Gasteiger partial charge in [-0.3, -0.25) is 14.9 Å². The molecule has 1 heterocycles. The van der Waals surface area contributed by atoms with Crippen molar-refractivity contribution in [2.75, 3.05) is 5.32 Å². The van der Waals surface area contributed by atoms with E-state index in [9.17, 15) is 9.59 Å². The first-order valence-corrected chi connectivity index (χ1v) is 9.57. The highest BCUT2D eigenvalue weighted by molar-refractivity contribution is 7.17. The van der Waals surface area contributed by atoms with E-state index < -0.39 is 0 Å². The largest absolute Gasteiger partial charge is 0.489 e. The van der Waals surface area contributed by atoms with Crippen LogP contribution in [0.25, 0.3) is 6.08 Å². The quantitative estimate of drug-likeness (QED) is 0.459. The number of Topliss-reactive ketones (excluding diaryl/α,β-unsaturated/α-hetero) is 1. The van der Waals surface area contributed by atoms with E-state index in [1.807, 2.05) is 54.6 Å². The molecule has 1 aromatic heterocycles. The van der Waals surface area contributed by atoms with Gasteiger partial charge in [-0.15, -0.1) is 0 Å². The van der Waals surface area contributed by atoms with E-state index >= 15 is 0 Å².